The summed E-state index contributed by atoms with van der Waals surface area (Å²) in [4.78, 5) is 22.3. The molecule has 0 radical (unpaired) electrons. The van der Waals surface area contributed by atoms with Gasteiger partial charge in [0.15, 0.2) is 10.8 Å². The smallest absolute Gasteiger partial charge is 0.194 e. The molecule has 1 saturated carbocycles. The second kappa shape index (κ2) is 8.41. The summed E-state index contributed by atoms with van der Waals surface area (Å²) in [7, 11) is 1.64. The number of carbonyl (C=O) groups is 1. The molecule has 0 spiro atoms. The van der Waals surface area contributed by atoms with E-state index >= 15 is 0 Å². The molecule has 2 heterocycles. The zero-order valence-electron chi connectivity index (χ0n) is 16.8. The Morgan fingerprint density at radius 2 is 1.83 bits per heavy atom. The van der Waals surface area contributed by atoms with Crippen LogP contribution in [0.15, 0.2) is 42.5 Å². The summed E-state index contributed by atoms with van der Waals surface area (Å²) in [5.74, 6) is 0.977. The number of carbonyl (C=O) groups excluding carboxylic acids is 1. The van der Waals surface area contributed by atoms with Crippen LogP contribution in [0.1, 0.15) is 40.5 Å². The summed E-state index contributed by atoms with van der Waals surface area (Å²) in [6.07, 6.45) is 3.83. The molecule has 154 valence electrons. The minimum Gasteiger partial charge on any atom is -0.494 e. The molecule has 0 aliphatic heterocycles. The number of thiazole rings is 2. The van der Waals surface area contributed by atoms with Gasteiger partial charge in [0.2, 0.25) is 0 Å². The molecule has 2 aromatic carbocycles. The lowest BCUT2D eigenvalue weighted by molar-refractivity contribution is 0.0879. The highest BCUT2D eigenvalue weighted by atomic mass is 32.1. The van der Waals surface area contributed by atoms with Crippen molar-refractivity contribution in [3.05, 3.63) is 52.5 Å². The van der Waals surface area contributed by atoms with Gasteiger partial charge in [-0.05, 0) is 49.9 Å². The fourth-order valence-electron chi connectivity index (χ4n) is 4.15. The molecule has 1 N–H and O–H groups in total. The van der Waals surface area contributed by atoms with Crippen LogP contribution in [0.3, 0.4) is 0 Å². The minimum atomic E-state index is 0.0667. The number of hydrogen-bond acceptors (Lipinski definition) is 7. The quantitative estimate of drug-likeness (QED) is 0.407. The number of rotatable bonds is 6. The Labute approximate surface area is 183 Å². The van der Waals surface area contributed by atoms with E-state index in [1.165, 1.54) is 16.0 Å². The molecular formula is C23H23N3O2S2. The Balaban J connectivity index is 1.19. The number of aromatic nitrogens is 2. The van der Waals surface area contributed by atoms with Gasteiger partial charge >= 0.3 is 0 Å². The molecule has 0 bridgehead atoms. The van der Waals surface area contributed by atoms with Crippen molar-refractivity contribution in [3.63, 3.8) is 0 Å². The number of para-hydroxylation sites is 2. The summed E-state index contributed by atoms with van der Waals surface area (Å²) >= 11 is 3.22. The van der Waals surface area contributed by atoms with E-state index in [1.807, 2.05) is 24.3 Å². The zero-order valence-corrected chi connectivity index (χ0v) is 18.4. The monoisotopic (exact) mass is 437 g/mol. The molecule has 30 heavy (non-hydrogen) atoms. The molecule has 0 amide bonds. The number of benzene rings is 2. The van der Waals surface area contributed by atoms with Gasteiger partial charge in [0, 0.05) is 18.5 Å². The Bertz CT molecular complexity index is 1160. The highest BCUT2D eigenvalue weighted by Crippen LogP contribution is 2.33. The number of nitrogens with zero attached hydrogens (tertiary/aromatic N) is 2. The van der Waals surface area contributed by atoms with Crippen LogP contribution in [0.25, 0.3) is 20.4 Å². The second-order valence-electron chi connectivity index (χ2n) is 7.70. The van der Waals surface area contributed by atoms with E-state index < -0.39 is 0 Å². The molecule has 0 atom stereocenters. The molecule has 1 aliphatic rings. The van der Waals surface area contributed by atoms with Crippen LogP contribution < -0.4 is 10.1 Å². The summed E-state index contributed by atoms with van der Waals surface area (Å²) in [6, 6.07) is 14.5. The van der Waals surface area contributed by atoms with Crippen molar-refractivity contribution in [3.8, 4) is 5.75 Å². The lowest BCUT2D eigenvalue weighted by Crippen LogP contribution is -2.34. The third-order valence-electron chi connectivity index (χ3n) is 5.79. The minimum absolute atomic E-state index is 0.0667. The average molecular weight is 438 g/mol. The van der Waals surface area contributed by atoms with Gasteiger partial charge in [-0.2, -0.15) is 0 Å². The van der Waals surface area contributed by atoms with Crippen molar-refractivity contribution in [2.75, 3.05) is 7.11 Å². The van der Waals surface area contributed by atoms with Crippen LogP contribution in [0, 0.1) is 5.92 Å². The molecule has 4 aromatic rings. The van der Waals surface area contributed by atoms with E-state index in [2.05, 4.69) is 28.5 Å². The van der Waals surface area contributed by atoms with E-state index in [-0.39, 0.29) is 11.7 Å². The number of nitrogens with one attached hydrogen (secondary N) is 1. The van der Waals surface area contributed by atoms with Crippen molar-refractivity contribution >= 4 is 48.9 Å². The topological polar surface area (TPSA) is 64.1 Å². The van der Waals surface area contributed by atoms with Crippen molar-refractivity contribution in [1.29, 1.82) is 0 Å². The molecule has 2 aromatic heterocycles. The number of ketones is 1. The Kier molecular flexibility index (Phi) is 5.50. The molecule has 0 saturated heterocycles. The summed E-state index contributed by atoms with van der Waals surface area (Å²) in [6.45, 7) is 0.792. The largest absolute Gasteiger partial charge is 0.494 e. The first-order valence-corrected chi connectivity index (χ1v) is 11.9. The maximum absolute atomic E-state index is 13.0. The predicted octanol–water partition coefficient (Wildman–Crippen LogP) is 5.45. The first-order chi connectivity index (χ1) is 14.7. The van der Waals surface area contributed by atoms with Gasteiger partial charge in [-0.1, -0.05) is 18.2 Å². The molecular weight excluding hydrogens is 414 g/mol. The van der Waals surface area contributed by atoms with Crippen LogP contribution in [0.5, 0.6) is 5.75 Å². The van der Waals surface area contributed by atoms with Gasteiger partial charge in [-0.15, -0.1) is 22.7 Å². The van der Waals surface area contributed by atoms with Crippen molar-refractivity contribution < 1.29 is 9.53 Å². The van der Waals surface area contributed by atoms with Crippen LogP contribution in [0.4, 0.5) is 0 Å². The Hall–Kier alpha value is -2.35. The Morgan fingerprint density at radius 1 is 1.03 bits per heavy atom. The van der Waals surface area contributed by atoms with Crippen molar-refractivity contribution in [2.24, 2.45) is 5.92 Å². The lowest BCUT2D eigenvalue weighted by atomic mass is 9.83. The molecule has 5 nitrogen and oxygen atoms in total. The number of Topliss-reactive ketones (excluding diaryl/α,β-unsaturated/α-hetero) is 1. The SMILES string of the molecule is COc1cccc2sc(C(=O)[C@H]3CC[C@H](NCc4nc5ccccc5s4)CC3)nc12. The van der Waals surface area contributed by atoms with E-state index in [0.717, 1.165) is 58.7 Å². The van der Waals surface area contributed by atoms with Crippen LogP contribution in [-0.4, -0.2) is 28.9 Å². The van der Waals surface area contributed by atoms with Gasteiger partial charge < -0.3 is 10.1 Å². The molecule has 5 rings (SSSR count). The number of ether oxygens (including phenoxy) is 1. The van der Waals surface area contributed by atoms with E-state index in [9.17, 15) is 4.79 Å². The number of hydrogen-bond donors (Lipinski definition) is 1. The number of methoxy groups -OCH3 is 1. The third kappa shape index (κ3) is 3.85. The van der Waals surface area contributed by atoms with Gasteiger partial charge in [0.1, 0.15) is 16.3 Å². The first-order valence-electron chi connectivity index (χ1n) is 10.3. The van der Waals surface area contributed by atoms with Crippen LogP contribution in [-0.2, 0) is 6.54 Å². The van der Waals surface area contributed by atoms with E-state index in [1.54, 1.807) is 18.4 Å². The predicted molar refractivity (Wildman–Crippen MR) is 123 cm³/mol. The van der Waals surface area contributed by atoms with Crippen molar-refractivity contribution in [2.45, 2.75) is 38.3 Å². The maximum atomic E-state index is 13.0. The van der Waals surface area contributed by atoms with Crippen LogP contribution in [0.2, 0.25) is 0 Å². The van der Waals surface area contributed by atoms with Gasteiger partial charge in [0.25, 0.3) is 0 Å². The lowest BCUT2D eigenvalue weighted by Gasteiger charge is -2.27. The standard InChI is InChI=1S/C23H23N3O2S2/c1-28-17-6-4-8-19-21(17)26-23(30-19)22(27)14-9-11-15(12-10-14)24-13-20-25-16-5-2-3-7-18(16)29-20/h2-8,14-15,24H,9-13H2,1H3/t14-,15-. The normalized spacial score (nSPS) is 19.4. The highest BCUT2D eigenvalue weighted by molar-refractivity contribution is 7.20. The fraction of sp³-hybridized carbons (Fsp3) is 0.348. The highest BCUT2D eigenvalue weighted by Gasteiger charge is 2.29. The zero-order chi connectivity index (χ0) is 20.5. The molecule has 1 aliphatic carbocycles. The maximum Gasteiger partial charge on any atom is 0.194 e. The van der Waals surface area contributed by atoms with Crippen LogP contribution >= 0.6 is 22.7 Å². The van der Waals surface area contributed by atoms with E-state index in [0.29, 0.717) is 11.0 Å². The summed E-state index contributed by atoms with van der Waals surface area (Å²) in [5, 5.41) is 5.38. The molecule has 7 heteroatoms. The molecule has 1 fully saturated rings. The van der Waals surface area contributed by atoms with Gasteiger partial charge in [-0.25, -0.2) is 9.97 Å². The Morgan fingerprint density at radius 3 is 2.63 bits per heavy atom. The second-order valence-corrected chi connectivity index (χ2v) is 9.84. The molecule has 0 unspecified atom stereocenters. The summed E-state index contributed by atoms with van der Waals surface area (Å²) in [5.41, 5.74) is 1.86. The fourth-order valence-corrected chi connectivity index (χ4v) is 6.08. The van der Waals surface area contributed by atoms with Gasteiger partial charge in [0.05, 0.1) is 22.0 Å². The first kappa shape index (κ1) is 19.6. The summed E-state index contributed by atoms with van der Waals surface area (Å²) < 4.78 is 7.62. The third-order valence-corrected chi connectivity index (χ3v) is 7.86. The average Bonchev–Trinajstić information content (AvgIpc) is 3.41. The van der Waals surface area contributed by atoms with E-state index in [4.69, 9.17) is 9.72 Å². The van der Waals surface area contributed by atoms with Crippen molar-refractivity contribution in [1.82, 2.24) is 15.3 Å². The number of fused-ring (bicyclic) bond motifs is 2. The van der Waals surface area contributed by atoms with Gasteiger partial charge in [-0.3, -0.25) is 4.79 Å².